The second-order valence-corrected chi connectivity index (χ2v) is 7.82. The molecule has 31 heavy (non-hydrogen) atoms. The average Bonchev–Trinajstić information content (AvgIpc) is 2.85. The van der Waals surface area contributed by atoms with Gasteiger partial charge >= 0.3 is 0 Å². The van der Waals surface area contributed by atoms with Gasteiger partial charge in [-0.15, -0.1) is 10.2 Å². The summed E-state index contributed by atoms with van der Waals surface area (Å²) in [7, 11) is 1.66. The van der Waals surface area contributed by atoms with Crippen LogP contribution in [0.4, 0.5) is 5.82 Å². The summed E-state index contributed by atoms with van der Waals surface area (Å²) < 4.78 is 5.26. The Bertz CT molecular complexity index is 992. The van der Waals surface area contributed by atoms with E-state index >= 15 is 0 Å². The Morgan fingerprint density at radius 1 is 1.10 bits per heavy atom. The number of hydrogen-bond donors (Lipinski definition) is 1. The van der Waals surface area contributed by atoms with E-state index in [1.807, 2.05) is 60.7 Å². The molecule has 1 atom stereocenters. The van der Waals surface area contributed by atoms with Crippen LogP contribution in [-0.4, -0.2) is 42.8 Å². The molecule has 0 saturated carbocycles. The van der Waals surface area contributed by atoms with E-state index in [0.717, 1.165) is 54.2 Å². The number of amides is 1. The molecule has 0 spiro atoms. The molecule has 1 fully saturated rings. The molecule has 1 unspecified atom stereocenters. The Morgan fingerprint density at radius 2 is 1.97 bits per heavy atom. The first-order valence-electron chi connectivity index (χ1n) is 10.8. The molecular weight excluding hydrogens is 388 g/mol. The van der Waals surface area contributed by atoms with Crippen LogP contribution in [0, 0.1) is 5.92 Å². The van der Waals surface area contributed by atoms with Crippen LogP contribution in [0.3, 0.4) is 0 Å². The summed E-state index contributed by atoms with van der Waals surface area (Å²) in [6.07, 6.45) is 2.65. The van der Waals surface area contributed by atoms with Gasteiger partial charge in [-0.25, -0.2) is 0 Å². The molecule has 1 aromatic heterocycles. The lowest BCUT2D eigenvalue weighted by molar-refractivity contribution is -0.125. The number of anilines is 1. The van der Waals surface area contributed by atoms with E-state index in [-0.39, 0.29) is 11.8 Å². The van der Waals surface area contributed by atoms with Crippen molar-refractivity contribution >= 4 is 11.7 Å². The highest BCUT2D eigenvalue weighted by Gasteiger charge is 2.26. The van der Waals surface area contributed by atoms with E-state index in [1.165, 1.54) is 0 Å². The molecular formula is C25H28N4O2. The summed E-state index contributed by atoms with van der Waals surface area (Å²) in [5.41, 5.74) is 3.06. The summed E-state index contributed by atoms with van der Waals surface area (Å²) in [6, 6.07) is 22.0. The standard InChI is InChI=1S/C25H28N4O2/c1-31-22-11-5-7-19(17-22)14-15-26-25(30)21-10-6-16-29(18-21)24-13-12-23(27-28-24)20-8-3-2-4-9-20/h2-5,7-9,11-13,17,21H,6,10,14-16,18H2,1H3,(H,26,30). The summed E-state index contributed by atoms with van der Waals surface area (Å²) in [4.78, 5) is 14.9. The van der Waals surface area contributed by atoms with Gasteiger partial charge < -0.3 is 15.0 Å². The third-order valence-electron chi connectivity index (χ3n) is 5.68. The predicted octanol–water partition coefficient (Wildman–Crippen LogP) is 3.73. The zero-order valence-corrected chi connectivity index (χ0v) is 17.8. The lowest BCUT2D eigenvalue weighted by Crippen LogP contribution is -2.43. The molecule has 3 aromatic rings. The molecule has 2 heterocycles. The fraction of sp³-hybridized carbons (Fsp3) is 0.320. The summed E-state index contributed by atoms with van der Waals surface area (Å²) in [5.74, 6) is 1.75. The zero-order chi connectivity index (χ0) is 21.5. The first-order valence-corrected chi connectivity index (χ1v) is 10.8. The molecule has 6 nitrogen and oxygen atoms in total. The first-order chi connectivity index (χ1) is 15.2. The molecule has 1 aliphatic rings. The van der Waals surface area contributed by atoms with Gasteiger partial charge in [-0.05, 0) is 49.1 Å². The van der Waals surface area contributed by atoms with Crippen molar-refractivity contribution in [2.45, 2.75) is 19.3 Å². The number of benzene rings is 2. The number of hydrogen-bond acceptors (Lipinski definition) is 5. The minimum atomic E-state index is -0.0327. The third-order valence-corrected chi connectivity index (χ3v) is 5.68. The van der Waals surface area contributed by atoms with E-state index in [0.29, 0.717) is 13.1 Å². The van der Waals surface area contributed by atoms with Gasteiger partial charge in [0.05, 0.1) is 18.7 Å². The van der Waals surface area contributed by atoms with Crippen LogP contribution in [0.15, 0.2) is 66.7 Å². The number of rotatable bonds is 7. The Balaban J connectivity index is 1.31. The first kappa shape index (κ1) is 20.8. The van der Waals surface area contributed by atoms with E-state index in [9.17, 15) is 4.79 Å². The topological polar surface area (TPSA) is 67.3 Å². The quantitative estimate of drug-likeness (QED) is 0.636. The number of methoxy groups -OCH3 is 1. The van der Waals surface area contributed by atoms with Gasteiger partial charge in [-0.2, -0.15) is 0 Å². The van der Waals surface area contributed by atoms with E-state index in [1.54, 1.807) is 7.11 Å². The van der Waals surface area contributed by atoms with E-state index < -0.39 is 0 Å². The van der Waals surface area contributed by atoms with Gasteiger partial charge in [0.15, 0.2) is 5.82 Å². The van der Waals surface area contributed by atoms with Crippen molar-refractivity contribution in [2.24, 2.45) is 5.92 Å². The Morgan fingerprint density at radius 3 is 2.74 bits per heavy atom. The number of carbonyl (C=O) groups excluding carboxylic acids is 1. The van der Waals surface area contributed by atoms with Crippen molar-refractivity contribution in [2.75, 3.05) is 31.6 Å². The fourth-order valence-corrected chi connectivity index (χ4v) is 3.96. The Hall–Kier alpha value is -3.41. The predicted molar refractivity (Wildman–Crippen MR) is 122 cm³/mol. The van der Waals surface area contributed by atoms with Crippen molar-refractivity contribution in [3.63, 3.8) is 0 Å². The van der Waals surface area contributed by atoms with Gasteiger partial charge in [0, 0.05) is 25.2 Å². The van der Waals surface area contributed by atoms with Crippen molar-refractivity contribution in [3.05, 3.63) is 72.3 Å². The van der Waals surface area contributed by atoms with E-state index in [2.05, 4.69) is 26.5 Å². The largest absolute Gasteiger partial charge is 0.497 e. The van der Waals surface area contributed by atoms with E-state index in [4.69, 9.17) is 4.74 Å². The van der Waals surface area contributed by atoms with Crippen molar-refractivity contribution < 1.29 is 9.53 Å². The Kier molecular flexibility index (Phi) is 6.77. The number of ether oxygens (including phenoxy) is 1. The molecule has 0 bridgehead atoms. The minimum Gasteiger partial charge on any atom is -0.497 e. The molecule has 2 aromatic carbocycles. The SMILES string of the molecule is COc1cccc(CCNC(=O)C2CCCN(c3ccc(-c4ccccc4)nn3)C2)c1. The molecule has 0 aliphatic carbocycles. The third kappa shape index (κ3) is 5.40. The second-order valence-electron chi connectivity index (χ2n) is 7.82. The number of piperidine rings is 1. The van der Waals surface area contributed by atoms with Crippen LogP contribution in [0.25, 0.3) is 11.3 Å². The molecule has 0 radical (unpaired) electrons. The maximum atomic E-state index is 12.7. The maximum absolute atomic E-state index is 12.7. The fourth-order valence-electron chi connectivity index (χ4n) is 3.96. The number of carbonyl (C=O) groups is 1. The highest BCUT2D eigenvalue weighted by atomic mass is 16.5. The summed E-state index contributed by atoms with van der Waals surface area (Å²) >= 11 is 0. The maximum Gasteiger partial charge on any atom is 0.224 e. The molecule has 1 N–H and O–H groups in total. The molecule has 1 aliphatic heterocycles. The monoisotopic (exact) mass is 416 g/mol. The van der Waals surface area contributed by atoms with Crippen LogP contribution in [0.2, 0.25) is 0 Å². The van der Waals surface area contributed by atoms with Crippen LogP contribution in [-0.2, 0) is 11.2 Å². The molecule has 160 valence electrons. The van der Waals surface area contributed by atoms with Crippen molar-refractivity contribution in [3.8, 4) is 17.0 Å². The van der Waals surface area contributed by atoms with Gasteiger partial charge in [0.1, 0.15) is 5.75 Å². The molecule has 1 amide bonds. The number of aromatic nitrogens is 2. The number of nitrogens with one attached hydrogen (secondary N) is 1. The lowest BCUT2D eigenvalue weighted by Gasteiger charge is -2.32. The van der Waals surface area contributed by atoms with Crippen LogP contribution < -0.4 is 15.0 Å². The molecule has 1 saturated heterocycles. The smallest absolute Gasteiger partial charge is 0.224 e. The highest BCUT2D eigenvalue weighted by Crippen LogP contribution is 2.23. The van der Waals surface area contributed by atoms with Crippen molar-refractivity contribution in [1.29, 1.82) is 0 Å². The average molecular weight is 417 g/mol. The van der Waals surface area contributed by atoms with Gasteiger partial charge in [-0.1, -0.05) is 42.5 Å². The second kappa shape index (κ2) is 10.1. The summed E-state index contributed by atoms with van der Waals surface area (Å²) in [6.45, 7) is 2.19. The van der Waals surface area contributed by atoms with Crippen LogP contribution in [0.1, 0.15) is 18.4 Å². The van der Waals surface area contributed by atoms with Gasteiger partial charge in [-0.3, -0.25) is 4.79 Å². The number of nitrogens with zero attached hydrogens (tertiary/aromatic N) is 3. The van der Waals surface area contributed by atoms with Crippen molar-refractivity contribution in [1.82, 2.24) is 15.5 Å². The minimum absolute atomic E-state index is 0.0327. The van der Waals surface area contributed by atoms with Gasteiger partial charge in [0.25, 0.3) is 0 Å². The Labute approximate surface area is 183 Å². The van der Waals surface area contributed by atoms with Gasteiger partial charge in [0.2, 0.25) is 5.91 Å². The highest BCUT2D eigenvalue weighted by molar-refractivity contribution is 5.79. The normalized spacial score (nSPS) is 16.0. The molecule has 4 rings (SSSR count). The summed E-state index contributed by atoms with van der Waals surface area (Å²) in [5, 5.41) is 11.9. The zero-order valence-electron chi connectivity index (χ0n) is 17.8. The molecule has 6 heteroatoms. The lowest BCUT2D eigenvalue weighted by atomic mass is 9.97. The van der Waals surface area contributed by atoms with Crippen LogP contribution in [0.5, 0.6) is 5.75 Å². The van der Waals surface area contributed by atoms with Crippen LogP contribution >= 0.6 is 0 Å².